The van der Waals surface area contributed by atoms with Gasteiger partial charge >= 0.3 is 0 Å². The molecule has 0 bridgehead atoms. The maximum absolute atomic E-state index is 12.8. The Balaban J connectivity index is 2.78. The highest BCUT2D eigenvalue weighted by Gasteiger charge is 2.07. The summed E-state index contributed by atoms with van der Waals surface area (Å²) in [6.45, 7) is 0.655. The predicted molar refractivity (Wildman–Crippen MR) is 57.3 cm³/mol. The minimum atomic E-state index is -0.395. The number of nitriles is 2. The number of nitrogen functional groups attached to an aromatic ring is 1. The van der Waals surface area contributed by atoms with Crippen molar-refractivity contribution in [2.75, 3.05) is 18.8 Å². The molecule has 0 aliphatic carbocycles. The number of hydrogen-bond donors (Lipinski definition) is 1. The van der Waals surface area contributed by atoms with E-state index in [1.807, 2.05) is 12.1 Å². The molecule has 0 fully saturated rings. The van der Waals surface area contributed by atoms with Gasteiger partial charge in [0.25, 0.3) is 0 Å². The second-order valence-electron chi connectivity index (χ2n) is 3.30. The number of hydrogen-bond acceptors (Lipinski definition) is 4. The van der Waals surface area contributed by atoms with Crippen LogP contribution in [0.3, 0.4) is 0 Å². The Morgan fingerprint density at radius 2 is 1.88 bits per heavy atom. The maximum atomic E-state index is 12.8. The minimum Gasteiger partial charge on any atom is -0.398 e. The molecular formula is C11H11FN4. The normalized spacial score (nSPS) is 9.75. The van der Waals surface area contributed by atoms with Crippen molar-refractivity contribution >= 4 is 5.69 Å². The van der Waals surface area contributed by atoms with Crippen molar-refractivity contribution in [2.45, 2.75) is 6.54 Å². The quantitative estimate of drug-likeness (QED) is 0.609. The number of benzene rings is 1. The van der Waals surface area contributed by atoms with E-state index >= 15 is 0 Å². The van der Waals surface area contributed by atoms with Gasteiger partial charge in [0.1, 0.15) is 5.82 Å². The van der Waals surface area contributed by atoms with Crippen LogP contribution >= 0.6 is 0 Å². The largest absolute Gasteiger partial charge is 0.398 e. The molecule has 0 aliphatic heterocycles. The van der Waals surface area contributed by atoms with E-state index in [9.17, 15) is 4.39 Å². The summed E-state index contributed by atoms with van der Waals surface area (Å²) >= 11 is 0. The van der Waals surface area contributed by atoms with Crippen molar-refractivity contribution in [1.82, 2.24) is 4.90 Å². The highest BCUT2D eigenvalue weighted by atomic mass is 19.1. The lowest BCUT2D eigenvalue weighted by molar-refractivity contribution is 0.335. The Morgan fingerprint density at radius 3 is 2.38 bits per heavy atom. The van der Waals surface area contributed by atoms with Gasteiger partial charge in [0.15, 0.2) is 0 Å². The summed E-state index contributed by atoms with van der Waals surface area (Å²) < 4.78 is 12.8. The number of rotatable bonds is 4. The summed E-state index contributed by atoms with van der Waals surface area (Å²) in [5.41, 5.74) is 6.68. The van der Waals surface area contributed by atoms with Crippen molar-refractivity contribution < 1.29 is 4.39 Å². The van der Waals surface area contributed by atoms with E-state index in [0.29, 0.717) is 17.8 Å². The van der Waals surface area contributed by atoms with Crippen LogP contribution in [-0.2, 0) is 6.54 Å². The zero-order chi connectivity index (χ0) is 12.0. The third-order valence-electron chi connectivity index (χ3n) is 2.09. The molecule has 0 saturated carbocycles. The van der Waals surface area contributed by atoms with Crippen LogP contribution in [0.4, 0.5) is 10.1 Å². The summed E-state index contributed by atoms with van der Waals surface area (Å²) in [6, 6.07) is 8.03. The molecule has 16 heavy (non-hydrogen) atoms. The lowest BCUT2D eigenvalue weighted by Crippen LogP contribution is -2.24. The summed E-state index contributed by atoms with van der Waals surface area (Å²) in [4.78, 5) is 1.63. The molecule has 0 aromatic heterocycles. The Morgan fingerprint density at radius 1 is 1.25 bits per heavy atom. The molecule has 1 rings (SSSR count). The van der Waals surface area contributed by atoms with E-state index in [2.05, 4.69) is 0 Å². The SMILES string of the molecule is N#CCN(CC#N)Cc1ccc(F)cc1N. The van der Waals surface area contributed by atoms with E-state index in [-0.39, 0.29) is 13.1 Å². The van der Waals surface area contributed by atoms with Gasteiger partial charge in [-0.1, -0.05) is 6.07 Å². The Bertz CT molecular complexity index is 428. The van der Waals surface area contributed by atoms with Crippen LogP contribution in [0.2, 0.25) is 0 Å². The fourth-order valence-corrected chi connectivity index (χ4v) is 1.32. The summed E-state index contributed by atoms with van der Waals surface area (Å²) in [7, 11) is 0. The summed E-state index contributed by atoms with van der Waals surface area (Å²) in [5, 5.41) is 17.1. The first-order chi connectivity index (χ1) is 7.67. The molecular weight excluding hydrogens is 207 g/mol. The van der Waals surface area contributed by atoms with Crippen molar-refractivity contribution in [3.63, 3.8) is 0 Å². The van der Waals surface area contributed by atoms with Crippen LogP contribution in [-0.4, -0.2) is 18.0 Å². The molecule has 5 heteroatoms. The Labute approximate surface area is 93.3 Å². The number of halogens is 1. The van der Waals surface area contributed by atoms with Crippen LogP contribution in [0.25, 0.3) is 0 Å². The first-order valence-electron chi connectivity index (χ1n) is 4.67. The van der Waals surface area contributed by atoms with Gasteiger partial charge in [-0.2, -0.15) is 10.5 Å². The molecule has 4 nitrogen and oxygen atoms in total. The topological polar surface area (TPSA) is 76.8 Å². The van der Waals surface area contributed by atoms with Gasteiger partial charge in [-0.15, -0.1) is 0 Å². The highest BCUT2D eigenvalue weighted by Crippen LogP contribution is 2.15. The number of nitrogens with two attached hydrogens (primary N) is 1. The lowest BCUT2D eigenvalue weighted by Gasteiger charge is -2.16. The average molecular weight is 218 g/mol. The fourth-order valence-electron chi connectivity index (χ4n) is 1.32. The molecule has 0 radical (unpaired) electrons. The number of nitrogens with zero attached hydrogens (tertiary/aromatic N) is 3. The predicted octanol–water partition coefficient (Wildman–Crippen LogP) is 1.26. The lowest BCUT2D eigenvalue weighted by atomic mass is 10.1. The van der Waals surface area contributed by atoms with E-state index in [1.54, 1.807) is 11.0 Å². The van der Waals surface area contributed by atoms with Crippen molar-refractivity contribution in [3.05, 3.63) is 29.6 Å². The van der Waals surface area contributed by atoms with Crippen LogP contribution in [0.5, 0.6) is 0 Å². The third-order valence-corrected chi connectivity index (χ3v) is 2.09. The monoisotopic (exact) mass is 218 g/mol. The van der Waals surface area contributed by atoms with E-state index in [4.69, 9.17) is 16.3 Å². The third kappa shape index (κ3) is 3.23. The fraction of sp³-hybridized carbons (Fsp3) is 0.273. The molecule has 0 saturated heterocycles. The zero-order valence-electron chi connectivity index (χ0n) is 8.65. The molecule has 2 N–H and O–H groups in total. The van der Waals surface area contributed by atoms with Crippen LogP contribution in [0.15, 0.2) is 18.2 Å². The molecule has 1 aromatic rings. The molecule has 0 atom stereocenters. The van der Waals surface area contributed by atoms with Crippen molar-refractivity contribution in [2.24, 2.45) is 0 Å². The minimum absolute atomic E-state index is 0.143. The number of anilines is 1. The van der Waals surface area contributed by atoms with E-state index in [1.165, 1.54) is 12.1 Å². The van der Waals surface area contributed by atoms with Gasteiger partial charge in [0.2, 0.25) is 0 Å². The first kappa shape index (κ1) is 12.0. The first-order valence-corrected chi connectivity index (χ1v) is 4.67. The molecule has 0 heterocycles. The summed E-state index contributed by atoms with van der Waals surface area (Å²) in [6.07, 6.45) is 0. The molecule has 0 aliphatic rings. The van der Waals surface area contributed by atoms with Crippen molar-refractivity contribution in [3.8, 4) is 12.1 Å². The van der Waals surface area contributed by atoms with E-state index in [0.717, 1.165) is 0 Å². The average Bonchev–Trinajstić information content (AvgIpc) is 2.23. The van der Waals surface area contributed by atoms with E-state index < -0.39 is 5.82 Å². The molecule has 0 amide bonds. The van der Waals surface area contributed by atoms with Crippen molar-refractivity contribution in [1.29, 1.82) is 10.5 Å². The van der Waals surface area contributed by atoms with Gasteiger partial charge in [-0.05, 0) is 17.7 Å². The van der Waals surface area contributed by atoms with Crippen LogP contribution in [0, 0.1) is 28.5 Å². The van der Waals surface area contributed by atoms with Gasteiger partial charge in [0.05, 0.1) is 25.2 Å². The smallest absolute Gasteiger partial charge is 0.125 e. The van der Waals surface area contributed by atoms with Crippen LogP contribution in [0.1, 0.15) is 5.56 Å². The molecule has 1 aromatic carbocycles. The maximum Gasteiger partial charge on any atom is 0.125 e. The van der Waals surface area contributed by atoms with Gasteiger partial charge in [-0.25, -0.2) is 4.39 Å². The standard InChI is InChI=1S/C11H11FN4/c12-10-2-1-9(11(15)7-10)8-16(5-3-13)6-4-14/h1-2,7H,5-6,8,15H2. The zero-order valence-corrected chi connectivity index (χ0v) is 8.65. The Hall–Kier alpha value is -2.11. The molecule has 82 valence electrons. The summed E-state index contributed by atoms with van der Waals surface area (Å²) in [5.74, 6) is -0.395. The van der Waals surface area contributed by atoms with Crippen LogP contribution < -0.4 is 5.73 Å². The van der Waals surface area contributed by atoms with Gasteiger partial charge < -0.3 is 5.73 Å². The van der Waals surface area contributed by atoms with Gasteiger partial charge in [-0.3, -0.25) is 4.90 Å². The second kappa shape index (κ2) is 5.69. The van der Waals surface area contributed by atoms with Gasteiger partial charge in [0, 0.05) is 12.2 Å². The second-order valence-corrected chi connectivity index (χ2v) is 3.30. The molecule has 0 unspecified atom stereocenters. The Kier molecular flexibility index (Phi) is 4.26. The highest BCUT2D eigenvalue weighted by molar-refractivity contribution is 5.46. The molecule has 0 spiro atoms.